The van der Waals surface area contributed by atoms with Crippen molar-refractivity contribution in [2.75, 3.05) is 0 Å². The molecule has 0 unspecified atom stereocenters. The van der Waals surface area contributed by atoms with Crippen LogP contribution < -0.4 is 0 Å². The van der Waals surface area contributed by atoms with E-state index in [-0.39, 0.29) is 0 Å². The Bertz CT molecular complexity index is 2580. The van der Waals surface area contributed by atoms with Crippen LogP contribution in [0.2, 0.25) is 0 Å². The van der Waals surface area contributed by atoms with Gasteiger partial charge in [-0.05, 0) is 67.6 Å². The van der Waals surface area contributed by atoms with Crippen molar-refractivity contribution in [1.82, 2.24) is 4.57 Å². The minimum absolute atomic E-state index is 0.641. The molecule has 0 saturated heterocycles. The number of nitrogens with zero attached hydrogens (tertiary/aromatic N) is 2. The summed E-state index contributed by atoms with van der Waals surface area (Å²) in [4.78, 5) is 4.16. The molecule has 0 saturated carbocycles. The fourth-order valence-corrected chi connectivity index (χ4v) is 7.51. The van der Waals surface area contributed by atoms with Gasteiger partial charge < -0.3 is 4.57 Å². The Morgan fingerprint density at radius 1 is 0.362 bits per heavy atom. The van der Waals surface area contributed by atoms with E-state index in [1.165, 1.54) is 32.7 Å². The van der Waals surface area contributed by atoms with Gasteiger partial charge in [0.2, 0.25) is 0 Å². The Morgan fingerprint density at radius 3 is 1.43 bits per heavy atom. The van der Waals surface area contributed by atoms with Crippen molar-refractivity contribution in [2.24, 2.45) is 0 Å². The zero-order valence-electron chi connectivity index (χ0n) is 25.6. The maximum atomic E-state index is 8.41. The summed E-state index contributed by atoms with van der Waals surface area (Å²) in [6.07, 6.45) is 0. The topological polar surface area (TPSA) is 9.29 Å². The van der Waals surface area contributed by atoms with Gasteiger partial charge >= 0.3 is 0 Å². The summed E-state index contributed by atoms with van der Waals surface area (Å²) < 4.78 is 2.38. The van der Waals surface area contributed by atoms with Crippen LogP contribution in [-0.2, 0) is 0 Å². The predicted molar refractivity (Wildman–Crippen MR) is 198 cm³/mol. The summed E-state index contributed by atoms with van der Waals surface area (Å²) in [6.45, 7) is 8.41. The molecule has 0 aliphatic heterocycles. The normalized spacial score (nSPS) is 11.4. The summed E-state index contributed by atoms with van der Waals surface area (Å²) in [5.41, 5.74) is 10.6. The van der Waals surface area contributed by atoms with E-state index >= 15 is 0 Å². The van der Waals surface area contributed by atoms with Gasteiger partial charge in [-0.2, -0.15) is 0 Å². The number of aromatic nitrogens is 1. The summed E-state index contributed by atoms with van der Waals surface area (Å²) in [5, 5.41) is 7.07. The fourth-order valence-electron chi connectivity index (χ4n) is 7.51. The van der Waals surface area contributed by atoms with Crippen molar-refractivity contribution in [3.8, 4) is 39.1 Å². The first-order chi connectivity index (χ1) is 23.3. The highest BCUT2D eigenvalue weighted by Crippen LogP contribution is 2.50. The molecule has 0 atom stereocenters. The lowest BCUT2D eigenvalue weighted by Gasteiger charge is -2.22. The zero-order chi connectivity index (χ0) is 31.3. The molecule has 1 aromatic heterocycles. The number of para-hydroxylation sites is 3. The zero-order valence-corrected chi connectivity index (χ0v) is 25.6. The van der Waals surface area contributed by atoms with Crippen LogP contribution in [-0.4, -0.2) is 4.57 Å². The standard InChI is InChI=1S/C45H28N2/c1-46-39-26-15-25-34(33-20-11-14-29-42(33)47-40-27-12-9-18-31(40)32-19-10-13-28-41(32)47)45(39)44-37-23-7-5-21-35(37)43(30-16-3-2-4-17-30)36-22-6-8-24-38(36)44/h2-29H. The molecule has 9 aromatic rings. The van der Waals surface area contributed by atoms with Crippen LogP contribution in [0.3, 0.4) is 0 Å². The first kappa shape index (κ1) is 26.9. The highest BCUT2D eigenvalue weighted by Gasteiger charge is 2.23. The van der Waals surface area contributed by atoms with Crippen molar-refractivity contribution in [3.05, 3.63) is 181 Å². The van der Waals surface area contributed by atoms with Gasteiger partial charge in [0.25, 0.3) is 0 Å². The van der Waals surface area contributed by atoms with E-state index in [1.807, 2.05) is 12.1 Å². The Morgan fingerprint density at radius 2 is 0.830 bits per heavy atom. The second-order valence-corrected chi connectivity index (χ2v) is 11.9. The van der Waals surface area contributed by atoms with Gasteiger partial charge in [0.1, 0.15) is 0 Å². The number of fused-ring (bicyclic) bond motifs is 5. The molecule has 0 fully saturated rings. The van der Waals surface area contributed by atoms with E-state index in [2.05, 4.69) is 167 Å². The van der Waals surface area contributed by atoms with E-state index in [0.29, 0.717) is 5.69 Å². The van der Waals surface area contributed by atoms with Crippen LogP contribution in [0, 0.1) is 6.57 Å². The Kier molecular flexibility index (Phi) is 6.23. The van der Waals surface area contributed by atoms with Gasteiger partial charge in [0.05, 0.1) is 23.3 Å². The Labute approximate surface area is 273 Å². The molecule has 0 N–H and O–H groups in total. The molecule has 1 heterocycles. The van der Waals surface area contributed by atoms with Gasteiger partial charge in [-0.3, -0.25) is 0 Å². The lowest BCUT2D eigenvalue weighted by molar-refractivity contribution is 1.18. The van der Waals surface area contributed by atoms with E-state index in [4.69, 9.17) is 6.57 Å². The summed E-state index contributed by atoms with van der Waals surface area (Å²) in [7, 11) is 0. The number of hydrogen-bond donors (Lipinski definition) is 0. The minimum atomic E-state index is 0.641. The molecule has 0 aliphatic carbocycles. The molecule has 47 heavy (non-hydrogen) atoms. The van der Waals surface area contributed by atoms with Crippen LogP contribution in [0.5, 0.6) is 0 Å². The average molecular weight is 597 g/mol. The largest absolute Gasteiger partial charge is 0.309 e. The third-order valence-electron chi connectivity index (χ3n) is 9.42. The summed E-state index contributed by atoms with van der Waals surface area (Å²) in [6, 6.07) is 60.0. The molecule has 2 heteroatoms. The SMILES string of the molecule is [C-]#[N+]c1cccc(-c2ccccc2-n2c3ccccc3c3ccccc32)c1-c1c2ccccc2c(-c2ccccc2)c2ccccc12. The van der Waals surface area contributed by atoms with Gasteiger partial charge in [-0.15, -0.1) is 0 Å². The average Bonchev–Trinajstić information content (AvgIpc) is 3.48. The summed E-state index contributed by atoms with van der Waals surface area (Å²) in [5.74, 6) is 0. The maximum absolute atomic E-state index is 8.41. The molecule has 8 aromatic carbocycles. The molecule has 9 rings (SSSR count). The van der Waals surface area contributed by atoms with Gasteiger partial charge in [0.15, 0.2) is 5.69 Å². The molecule has 0 spiro atoms. The van der Waals surface area contributed by atoms with Gasteiger partial charge in [-0.25, -0.2) is 4.85 Å². The van der Waals surface area contributed by atoms with Gasteiger partial charge in [-0.1, -0.05) is 152 Å². The molecule has 0 aliphatic rings. The third kappa shape index (κ3) is 4.11. The monoisotopic (exact) mass is 596 g/mol. The van der Waals surface area contributed by atoms with E-state index in [9.17, 15) is 0 Å². The van der Waals surface area contributed by atoms with Crippen LogP contribution in [0.1, 0.15) is 0 Å². The number of hydrogen-bond acceptors (Lipinski definition) is 0. The van der Waals surface area contributed by atoms with E-state index in [0.717, 1.165) is 49.7 Å². The van der Waals surface area contributed by atoms with Gasteiger partial charge in [0, 0.05) is 16.3 Å². The Hall–Kier alpha value is -6.43. The quantitative estimate of drug-likeness (QED) is 0.141. The lowest BCUT2D eigenvalue weighted by Crippen LogP contribution is -1.98. The molecule has 2 nitrogen and oxygen atoms in total. The summed E-state index contributed by atoms with van der Waals surface area (Å²) >= 11 is 0. The van der Waals surface area contributed by atoms with Crippen molar-refractivity contribution in [3.63, 3.8) is 0 Å². The highest BCUT2D eigenvalue weighted by atomic mass is 15.0. The maximum Gasteiger partial charge on any atom is 0.195 e. The van der Waals surface area contributed by atoms with E-state index in [1.54, 1.807) is 0 Å². The molecular formula is C45H28N2. The minimum Gasteiger partial charge on any atom is -0.309 e. The number of rotatable bonds is 4. The molecule has 0 amide bonds. The third-order valence-corrected chi connectivity index (χ3v) is 9.42. The molecule has 218 valence electrons. The molecule has 0 radical (unpaired) electrons. The molecule has 0 bridgehead atoms. The first-order valence-corrected chi connectivity index (χ1v) is 15.9. The van der Waals surface area contributed by atoms with E-state index < -0.39 is 0 Å². The predicted octanol–water partition coefficient (Wildman–Crippen LogP) is 12.6. The van der Waals surface area contributed by atoms with Crippen LogP contribution in [0.4, 0.5) is 5.69 Å². The number of benzene rings is 8. The highest BCUT2D eigenvalue weighted by molar-refractivity contribution is 6.24. The van der Waals surface area contributed by atoms with Crippen molar-refractivity contribution in [1.29, 1.82) is 0 Å². The van der Waals surface area contributed by atoms with Crippen molar-refractivity contribution >= 4 is 49.0 Å². The first-order valence-electron chi connectivity index (χ1n) is 15.9. The lowest BCUT2D eigenvalue weighted by atomic mass is 9.83. The Balaban J connectivity index is 1.42. The van der Waals surface area contributed by atoms with Crippen LogP contribution in [0.15, 0.2) is 170 Å². The van der Waals surface area contributed by atoms with Crippen molar-refractivity contribution < 1.29 is 0 Å². The van der Waals surface area contributed by atoms with Crippen molar-refractivity contribution in [2.45, 2.75) is 0 Å². The fraction of sp³-hybridized carbons (Fsp3) is 0. The van der Waals surface area contributed by atoms with Crippen LogP contribution >= 0.6 is 0 Å². The second-order valence-electron chi connectivity index (χ2n) is 11.9. The smallest absolute Gasteiger partial charge is 0.195 e. The van der Waals surface area contributed by atoms with Crippen LogP contribution in [0.25, 0.3) is 87.3 Å². The second kappa shape index (κ2) is 10.9. The molecular weight excluding hydrogens is 569 g/mol.